The molecule has 0 N–H and O–H groups in total. The summed E-state index contributed by atoms with van der Waals surface area (Å²) in [6.45, 7) is 0. The van der Waals surface area contributed by atoms with Gasteiger partial charge in [-0.2, -0.15) is 0 Å². The zero-order chi connectivity index (χ0) is 10.1. The summed E-state index contributed by atoms with van der Waals surface area (Å²) in [6.07, 6.45) is 3.22. The van der Waals surface area contributed by atoms with E-state index in [2.05, 4.69) is 5.32 Å². The number of nitrogens with zero attached hydrogens (tertiary/aromatic N) is 2. The van der Waals surface area contributed by atoms with Crippen LogP contribution in [0.25, 0.3) is 6.08 Å². The molecule has 14 heavy (non-hydrogen) atoms. The van der Waals surface area contributed by atoms with E-state index in [1.165, 1.54) is 19.4 Å². The first-order valence-corrected chi connectivity index (χ1v) is 3.97. The summed E-state index contributed by atoms with van der Waals surface area (Å²) >= 11 is 0. The van der Waals surface area contributed by atoms with E-state index in [0.29, 0.717) is 17.0 Å². The Morgan fingerprint density at radius 3 is 2.93 bits per heavy atom. The molecule has 1 aliphatic rings. The Morgan fingerprint density at radius 2 is 2.29 bits per heavy atom. The maximum Gasteiger partial charge on any atom is 0.295 e. The molecule has 0 saturated carbocycles. The number of benzene rings is 1. The monoisotopic (exact) mass is 191 g/mol. The van der Waals surface area contributed by atoms with Crippen molar-refractivity contribution < 1.29 is 9.66 Å². The Morgan fingerprint density at radius 1 is 1.50 bits per heavy atom. The third kappa shape index (κ3) is 1.10. The van der Waals surface area contributed by atoms with E-state index in [9.17, 15) is 10.1 Å². The number of methoxy groups -OCH3 is 1. The van der Waals surface area contributed by atoms with Crippen LogP contribution in [-0.2, 0) is 0 Å². The van der Waals surface area contributed by atoms with Gasteiger partial charge in [0.2, 0.25) is 0 Å². The molecule has 0 aliphatic carbocycles. The van der Waals surface area contributed by atoms with Crippen molar-refractivity contribution >= 4 is 17.5 Å². The van der Waals surface area contributed by atoms with Gasteiger partial charge in [-0.15, -0.1) is 0 Å². The second-order valence-corrected chi connectivity index (χ2v) is 2.75. The fourth-order valence-electron chi connectivity index (χ4n) is 1.39. The minimum absolute atomic E-state index is 0.00537. The SMILES string of the molecule is COc1ccc([N+](=O)[O-])c2c1C=C[N]2. The largest absolute Gasteiger partial charge is 0.496 e. The standard InChI is InChI=1S/C9H7N2O3/c1-14-8-3-2-7(11(12)13)9-6(8)4-5-10-9/h2-5H,1H3. The van der Waals surface area contributed by atoms with E-state index in [1.54, 1.807) is 12.1 Å². The molecule has 0 bridgehead atoms. The van der Waals surface area contributed by atoms with Crippen LogP contribution in [-0.4, -0.2) is 12.0 Å². The molecule has 1 radical (unpaired) electrons. The van der Waals surface area contributed by atoms with Gasteiger partial charge < -0.3 is 4.74 Å². The highest BCUT2D eigenvalue weighted by Gasteiger charge is 2.23. The van der Waals surface area contributed by atoms with Gasteiger partial charge in [0.15, 0.2) is 5.69 Å². The van der Waals surface area contributed by atoms with E-state index in [0.717, 1.165) is 0 Å². The predicted molar refractivity (Wildman–Crippen MR) is 50.5 cm³/mol. The number of ether oxygens (including phenoxy) is 1. The van der Waals surface area contributed by atoms with Gasteiger partial charge in [-0.1, -0.05) is 0 Å². The maximum atomic E-state index is 10.6. The molecule has 2 rings (SSSR count). The summed E-state index contributed by atoms with van der Waals surface area (Å²) in [6, 6.07) is 2.97. The molecule has 1 aromatic rings. The number of rotatable bonds is 2. The zero-order valence-corrected chi connectivity index (χ0v) is 7.43. The van der Waals surface area contributed by atoms with Gasteiger partial charge in [-0.25, -0.2) is 5.32 Å². The van der Waals surface area contributed by atoms with Crippen LogP contribution >= 0.6 is 0 Å². The van der Waals surface area contributed by atoms with Gasteiger partial charge in [-0.05, 0) is 12.1 Å². The van der Waals surface area contributed by atoms with Gasteiger partial charge in [-0.3, -0.25) is 10.1 Å². The zero-order valence-electron chi connectivity index (χ0n) is 7.43. The van der Waals surface area contributed by atoms with Crippen molar-refractivity contribution in [2.24, 2.45) is 0 Å². The molecule has 1 aliphatic heterocycles. The van der Waals surface area contributed by atoms with Crippen molar-refractivity contribution in [3.05, 3.63) is 34.0 Å². The third-order valence-electron chi connectivity index (χ3n) is 2.02. The normalized spacial score (nSPS) is 12.1. The summed E-state index contributed by atoms with van der Waals surface area (Å²) < 4.78 is 5.06. The van der Waals surface area contributed by atoms with Crippen molar-refractivity contribution in [1.82, 2.24) is 5.32 Å². The van der Waals surface area contributed by atoms with Crippen molar-refractivity contribution in [2.75, 3.05) is 7.11 Å². The maximum absolute atomic E-state index is 10.6. The smallest absolute Gasteiger partial charge is 0.295 e. The number of nitro groups is 1. The Hall–Kier alpha value is -2.04. The molecule has 0 spiro atoms. The fraction of sp³-hybridized carbons (Fsp3) is 0.111. The Balaban J connectivity index is 2.62. The summed E-state index contributed by atoms with van der Waals surface area (Å²) in [5.74, 6) is 0.600. The molecule has 0 fully saturated rings. The van der Waals surface area contributed by atoms with Gasteiger partial charge in [0.25, 0.3) is 5.69 Å². The number of hydrogen-bond donors (Lipinski definition) is 0. The van der Waals surface area contributed by atoms with Gasteiger partial charge in [0.1, 0.15) is 5.75 Å². The quantitative estimate of drug-likeness (QED) is 0.529. The van der Waals surface area contributed by atoms with Gasteiger partial charge in [0, 0.05) is 12.3 Å². The molecule has 5 heteroatoms. The first-order valence-electron chi connectivity index (χ1n) is 3.97. The lowest BCUT2D eigenvalue weighted by atomic mass is 10.1. The molecule has 71 valence electrons. The van der Waals surface area contributed by atoms with Crippen molar-refractivity contribution in [3.8, 4) is 5.75 Å². The highest BCUT2D eigenvalue weighted by atomic mass is 16.6. The van der Waals surface area contributed by atoms with Crippen LogP contribution in [0, 0.1) is 10.1 Å². The average Bonchev–Trinajstić information content (AvgIpc) is 2.64. The molecule has 0 unspecified atom stereocenters. The van der Waals surface area contributed by atoms with Crippen molar-refractivity contribution in [2.45, 2.75) is 0 Å². The minimum Gasteiger partial charge on any atom is -0.496 e. The average molecular weight is 191 g/mol. The molecular weight excluding hydrogens is 184 g/mol. The van der Waals surface area contributed by atoms with E-state index in [-0.39, 0.29) is 5.69 Å². The predicted octanol–water partition coefficient (Wildman–Crippen LogP) is 1.82. The summed E-state index contributed by atoms with van der Waals surface area (Å²) in [5.41, 5.74) is 1.04. The fourth-order valence-corrected chi connectivity index (χ4v) is 1.39. The van der Waals surface area contributed by atoms with Crippen LogP contribution < -0.4 is 10.1 Å². The first kappa shape index (κ1) is 8.55. The summed E-state index contributed by atoms with van der Waals surface area (Å²) in [4.78, 5) is 10.2. The van der Waals surface area contributed by atoms with Crippen LogP contribution in [0.15, 0.2) is 18.3 Å². The highest BCUT2D eigenvalue weighted by Crippen LogP contribution is 2.38. The van der Waals surface area contributed by atoms with Crippen molar-refractivity contribution in [1.29, 1.82) is 0 Å². The molecule has 0 atom stereocenters. The summed E-state index contributed by atoms with van der Waals surface area (Å²) in [5, 5.41) is 14.6. The van der Waals surface area contributed by atoms with Crippen LogP contribution in [0.2, 0.25) is 0 Å². The Labute approximate surface area is 80.1 Å². The topological polar surface area (TPSA) is 66.5 Å². The molecular formula is C9H7N2O3. The van der Waals surface area contributed by atoms with Crippen LogP contribution in [0.5, 0.6) is 5.75 Å². The number of hydrogen-bond acceptors (Lipinski definition) is 3. The molecule has 0 saturated heterocycles. The second-order valence-electron chi connectivity index (χ2n) is 2.75. The molecule has 0 amide bonds. The van der Waals surface area contributed by atoms with Gasteiger partial charge in [0.05, 0.1) is 17.6 Å². The molecule has 5 nitrogen and oxygen atoms in total. The van der Waals surface area contributed by atoms with Crippen LogP contribution in [0.1, 0.15) is 5.56 Å². The summed E-state index contributed by atoms with van der Waals surface area (Å²) in [7, 11) is 1.52. The lowest BCUT2D eigenvalue weighted by Gasteiger charge is -2.05. The molecule has 0 aromatic heterocycles. The van der Waals surface area contributed by atoms with E-state index >= 15 is 0 Å². The van der Waals surface area contributed by atoms with E-state index in [1.807, 2.05) is 0 Å². The van der Waals surface area contributed by atoms with Crippen LogP contribution in [0.4, 0.5) is 11.4 Å². The van der Waals surface area contributed by atoms with Crippen molar-refractivity contribution in [3.63, 3.8) is 0 Å². The van der Waals surface area contributed by atoms with E-state index in [4.69, 9.17) is 4.74 Å². The molecule has 1 aromatic carbocycles. The Kier molecular flexibility index (Phi) is 1.85. The van der Waals surface area contributed by atoms with E-state index < -0.39 is 4.92 Å². The second kappa shape index (κ2) is 3.02. The lowest BCUT2D eigenvalue weighted by Crippen LogP contribution is -1.95. The number of nitro benzene ring substituents is 1. The lowest BCUT2D eigenvalue weighted by molar-refractivity contribution is -0.384. The minimum atomic E-state index is -0.450. The number of fused-ring (bicyclic) bond motifs is 1. The highest BCUT2D eigenvalue weighted by molar-refractivity contribution is 5.80. The molecule has 1 heterocycles. The Bertz CT molecular complexity index is 426. The third-order valence-corrected chi connectivity index (χ3v) is 2.02. The van der Waals surface area contributed by atoms with Crippen LogP contribution in [0.3, 0.4) is 0 Å². The van der Waals surface area contributed by atoms with Gasteiger partial charge >= 0.3 is 0 Å². The first-order chi connectivity index (χ1) is 6.74.